The molecule has 1 aromatic heterocycles. The molecule has 3 nitrogen and oxygen atoms in total. The number of thiophene rings is 1. The first-order valence-corrected chi connectivity index (χ1v) is 10.7. The fourth-order valence-corrected chi connectivity index (χ4v) is 5.75. The van der Waals surface area contributed by atoms with E-state index in [4.69, 9.17) is 0 Å². The van der Waals surface area contributed by atoms with Crippen LogP contribution in [0.25, 0.3) is 10.1 Å². The fourth-order valence-electron chi connectivity index (χ4n) is 4.64. The van der Waals surface area contributed by atoms with Gasteiger partial charge in [0.25, 0.3) is 0 Å². The third-order valence-electron chi connectivity index (χ3n) is 5.91. The van der Waals surface area contributed by atoms with Crippen LogP contribution in [0.3, 0.4) is 0 Å². The normalized spacial score (nSPS) is 24.7. The zero-order valence-corrected chi connectivity index (χ0v) is 17.0. The summed E-state index contributed by atoms with van der Waals surface area (Å²) < 4.78 is 1.39. The Morgan fingerprint density at radius 1 is 1.19 bits per heavy atom. The number of carbonyl (C=O) groups excluding carboxylic acids is 1. The molecule has 0 saturated carbocycles. The van der Waals surface area contributed by atoms with Crippen LogP contribution in [0.15, 0.2) is 30.3 Å². The number of carbonyl (C=O) groups is 1. The average Bonchev–Trinajstić information content (AvgIpc) is 3.01. The summed E-state index contributed by atoms with van der Waals surface area (Å²) in [5, 5.41) is 1.36. The van der Waals surface area contributed by atoms with Crippen LogP contribution in [0, 0.1) is 11.3 Å². The Bertz CT molecular complexity index is 758. The lowest BCUT2D eigenvalue weighted by molar-refractivity contribution is -0.146. The van der Waals surface area contributed by atoms with Crippen molar-refractivity contribution in [3.8, 4) is 0 Å². The van der Waals surface area contributed by atoms with E-state index < -0.39 is 0 Å². The van der Waals surface area contributed by atoms with Crippen molar-refractivity contribution >= 4 is 27.3 Å². The molecular formula is C22H30N2OS. The molecule has 2 saturated heterocycles. The summed E-state index contributed by atoms with van der Waals surface area (Å²) in [5.41, 5.74) is -0.268. The summed E-state index contributed by atoms with van der Waals surface area (Å²) in [6, 6.07) is 11.5. The molecule has 1 amide bonds. The van der Waals surface area contributed by atoms with E-state index >= 15 is 0 Å². The van der Waals surface area contributed by atoms with E-state index in [1.807, 2.05) is 11.3 Å². The van der Waals surface area contributed by atoms with Gasteiger partial charge in [-0.2, -0.15) is 0 Å². The van der Waals surface area contributed by atoms with E-state index in [2.05, 4.69) is 60.9 Å². The lowest BCUT2D eigenvalue weighted by atomic mass is 9.82. The third-order valence-corrected chi connectivity index (χ3v) is 7.01. The molecule has 2 aromatic rings. The van der Waals surface area contributed by atoms with Gasteiger partial charge in [0.05, 0.1) is 0 Å². The van der Waals surface area contributed by atoms with Crippen molar-refractivity contribution in [2.45, 2.75) is 52.6 Å². The Morgan fingerprint density at radius 2 is 2.00 bits per heavy atom. The second kappa shape index (κ2) is 6.97. The van der Waals surface area contributed by atoms with Crippen LogP contribution in [-0.4, -0.2) is 41.4 Å². The minimum Gasteiger partial charge on any atom is -0.339 e. The highest BCUT2D eigenvalue weighted by Crippen LogP contribution is 2.35. The number of hydrogen-bond acceptors (Lipinski definition) is 3. The Hall–Kier alpha value is -1.39. The molecular weight excluding hydrogens is 340 g/mol. The van der Waals surface area contributed by atoms with E-state index in [9.17, 15) is 4.79 Å². The highest BCUT2D eigenvalue weighted by molar-refractivity contribution is 7.19. The number of amides is 1. The van der Waals surface area contributed by atoms with Gasteiger partial charge in [0.2, 0.25) is 5.91 Å². The molecule has 2 atom stereocenters. The first-order valence-electron chi connectivity index (χ1n) is 9.93. The van der Waals surface area contributed by atoms with Gasteiger partial charge in [0, 0.05) is 47.2 Å². The van der Waals surface area contributed by atoms with Gasteiger partial charge in [-0.1, -0.05) is 39.0 Å². The van der Waals surface area contributed by atoms with Crippen LogP contribution in [-0.2, 0) is 11.3 Å². The largest absolute Gasteiger partial charge is 0.339 e. The smallest absolute Gasteiger partial charge is 0.228 e. The highest BCUT2D eigenvalue weighted by Gasteiger charge is 2.40. The fraction of sp³-hybridized carbons (Fsp3) is 0.591. The molecule has 4 heteroatoms. The first kappa shape index (κ1) is 18.0. The molecule has 0 bridgehead atoms. The molecule has 3 heterocycles. The molecule has 0 spiro atoms. The number of likely N-dealkylation sites (tertiary alicyclic amines) is 2. The molecule has 0 radical (unpaired) electrons. The maximum atomic E-state index is 12.9. The average molecular weight is 371 g/mol. The molecule has 0 unspecified atom stereocenters. The minimum atomic E-state index is -0.268. The summed E-state index contributed by atoms with van der Waals surface area (Å²) >= 11 is 1.92. The van der Waals surface area contributed by atoms with Gasteiger partial charge in [-0.25, -0.2) is 0 Å². The third kappa shape index (κ3) is 3.54. The van der Waals surface area contributed by atoms with Gasteiger partial charge < -0.3 is 4.90 Å². The summed E-state index contributed by atoms with van der Waals surface area (Å²) in [7, 11) is 0. The maximum absolute atomic E-state index is 12.9. The Kier molecular flexibility index (Phi) is 4.83. The van der Waals surface area contributed by atoms with E-state index in [-0.39, 0.29) is 5.41 Å². The lowest BCUT2D eigenvalue weighted by Crippen LogP contribution is -2.57. The summed E-state index contributed by atoms with van der Waals surface area (Å²) in [5.74, 6) is 0.975. The zero-order valence-electron chi connectivity index (χ0n) is 16.2. The van der Waals surface area contributed by atoms with Crippen LogP contribution < -0.4 is 0 Å². The molecule has 2 aliphatic heterocycles. The molecule has 1 aromatic carbocycles. The SMILES string of the molecule is CC(C)(C)C(=O)N1CCC[C@@H]2CN(Cc3cc4ccccc4s3)CC[C@@H]21. The first-order chi connectivity index (χ1) is 12.4. The summed E-state index contributed by atoms with van der Waals surface area (Å²) in [4.78, 5) is 19.1. The number of piperidine rings is 2. The van der Waals surface area contributed by atoms with Crippen molar-refractivity contribution in [1.82, 2.24) is 9.80 Å². The van der Waals surface area contributed by atoms with E-state index in [0.717, 1.165) is 39.0 Å². The van der Waals surface area contributed by atoms with Crippen molar-refractivity contribution in [2.24, 2.45) is 11.3 Å². The minimum absolute atomic E-state index is 0.268. The molecule has 0 aliphatic carbocycles. The Labute approximate surface area is 161 Å². The molecule has 2 fully saturated rings. The van der Waals surface area contributed by atoms with Crippen molar-refractivity contribution in [3.63, 3.8) is 0 Å². The van der Waals surface area contributed by atoms with Crippen LogP contribution in [0.4, 0.5) is 0 Å². The number of benzene rings is 1. The van der Waals surface area contributed by atoms with E-state index in [1.54, 1.807) is 0 Å². The lowest BCUT2D eigenvalue weighted by Gasteiger charge is -2.48. The van der Waals surface area contributed by atoms with Gasteiger partial charge in [-0.3, -0.25) is 9.69 Å². The molecule has 0 N–H and O–H groups in total. The Balaban J connectivity index is 1.43. The van der Waals surface area contributed by atoms with Gasteiger partial charge in [0.15, 0.2) is 0 Å². The Morgan fingerprint density at radius 3 is 2.77 bits per heavy atom. The number of rotatable bonds is 2. The van der Waals surface area contributed by atoms with Gasteiger partial charge in [-0.05, 0) is 42.7 Å². The summed E-state index contributed by atoms with van der Waals surface area (Å²) in [6.45, 7) is 10.4. The number of nitrogens with zero attached hydrogens (tertiary/aromatic N) is 2. The second-order valence-corrected chi connectivity index (χ2v) is 10.2. The van der Waals surface area contributed by atoms with Crippen LogP contribution in [0.1, 0.15) is 44.9 Å². The molecule has 140 valence electrons. The summed E-state index contributed by atoms with van der Waals surface area (Å²) in [6.07, 6.45) is 3.54. The van der Waals surface area contributed by atoms with E-state index in [0.29, 0.717) is 17.9 Å². The van der Waals surface area contributed by atoms with Crippen molar-refractivity contribution in [2.75, 3.05) is 19.6 Å². The van der Waals surface area contributed by atoms with Crippen LogP contribution in [0.2, 0.25) is 0 Å². The number of fused-ring (bicyclic) bond motifs is 2. The predicted molar refractivity (Wildman–Crippen MR) is 109 cm³/mol. The van der Waals surface area contributed by atoms with Crippen LogP contribution in [0.5, 0.6) is 0 Å². The van der Waals surface area contributed by atoms with Gasteiger partial charge in [0.1, 0.15) is 0 Å². The topological polar surface area (TPSA) is 23.6 Å². The van der Waals surface area contributed by atoms with Crippen molar-refractivity contribution < 1.29 is 4.79 Å². The van der Waals surface area contributed by atoms with Crippen molar-refractivity contribution in [3.05, 3.63) is 35.2 Å². The zero-order chi connectivity index (χ0) is 18.3. The van der Waals surface area contributed by atoms with Gasteiger partial charge in [-0.15, -0.1) is 11.3 Å². The number of hydrogen-bond donors (Lipinski definition) is 0. The van der Waals surface area contributed by atoms with Gasteiger partial charge >= 0.3 is 0 Å². The standard InChI is InChI=1S/C22H30N2OS/c1-22(2,3)21(25)24-11-6-8-17-14-23(12-10-19(17)24)15-18-13-16-7-4-5-9-20(16)26-18/h4-5,7,9,13,17,19H,6,8,10-12,14-15H2,1-3H3/t17-,19+/m1/s1. The molecule has 4 rings (SSSR count). The second-order valence-electron chi connectivity index (χ2n) is 8.99. The molecule has 26 heavy (non-hydrogen) atoms. The quantitative estimate of drug-likeness (QED) is 0.761. The highest BCUT2D eigenvalue weighted by atomic mass is 32.1. The maximum Gasteiger partial charge on any atom is 0.228 e. The van der Waals surface area contributed by atoms with Crippen molar-refractivity contribution in [1.29, 1.82) is 0 Å². The monoisotopic (exact) mass is 370 g/mol. The molecule has 2 aliphatic rings. The van der Waals surface area contributed by atoms with Crippen LogP contribution >= 0.6 is 11.3 Å². The van der Waals surface area contributed by atoms with E-state index in [1.165, 1.54) is 21.4 Å². The predicted octanol–water partition coefficient (Wildman–Crippen LogP) is 4.76.